The summed E-state index contributed by atoms with van der Waals surface area (Å²) in [6, 6.07) is 4.79. The van der Waals surface area contributed by atoms with Gasteiger partial charge in [-0.2, -0.15) is 0 Å². The quantitative estimate of drug-likeness (QED) is 0.635. The van der Waals surface area contributed by atoms with Gasteiger partial charge in [-0.25, -0.2) is 8.78 Å². The topological polar surface area (TPSA) is 27.7 Å². The molecule has 0 spiro atoms. The predicted octanol–water partition coefficient (Wildman–Crippen LogP) is 4.98. The van der Waals surface area contributed by atoms with Crippen molar-refractivity contribution in [2.75, 3.05) is 6.61 Å². The first-order valence-corrected chi connectivity index (χ1v) is 9.33. The molecule has 1 saturated heterocycles. The van der Waals surface area contributed by atoms with E-state index in [1.807, 2.05) is 27.7 Å². The largest absolute Gasteiger partial charge is 0.494 e. The van der Waals surface area contributed by atoms with Crippen molar-refractivity contribution in [2.24, 2.45) is 11.8 Å². The van der Waals surface area contributed by atoms with Crippen LogP contribution in [0.2, 0.25) is 0 Å². The van der Waals surface area contributed by atoms with Crippen molar-refractivity contribution >= 4 is 12.6 Å². The van der Waals surface area contributed by atoms with Gasteiger partial charge in [0.1, 0.15) is 5.75 Å². The Labute approximate surface area is 156 Å². The number of hydrogen-bond donors (Lipinski definition) is 0. The van der Waals surface area contributed by atoms with Crippen LogP contribution in [0.15, 0.2) is 18.2 Å². The van der Waals surface area contributed by atoms with Gasteiger partial charge >= 0.3 is 7.12 Å². The van der Waals surface area contributed by atoms with Gasteiger partial charge in [0, 0.05) is 0 Å². The zero-order valence-electron chi connectivity index (χ0n) is 16.9. The molecule has 0 aromatic heterocycles. The lowest BCUT2D eigenvalue weighted by atomic mass is 9.78. The third-order valence-electron chi connectivity index (χ3n) is 5.19. The predicted molar refractivity (Wildman–Crippen MR) is 101 cm³/mol. The molecular formula is C20H31BF2O3. The van der Waals surface area contributed by atoms with Crippen molar-refractivity contribution in [2.45, 2.75) is 72.5 Å². The summed E-state index contributed by atoms with van der Waals surface area (Å²) in [5.41, 5.74) is -0.552. The highest BCUT2D eigenvalue weighted by molar-refractivity contribution is 6.62. The van der Waals surface area contributed by atoms with Crippen molar-refractivity contribution in [1.29, 1.82) is 0 Å². The number of hydrogen-bond acceptors (Lipinski definition) is 3. The van der Waals surface area contributed by atoms with Crippen LogP contribution in [0.4, 0.5) is 8.78 Å². The lowest BCUT2D eigenvalue weighted by Gasteiger charge is -2.32. The highest BCUT2D eigenvalue weighted by atomic mass is 19.3. The fourth-order valence-electron chi connectivity index (χ4n) is 3.10. The standard InChI is InChI=1S/C20H31BF2O3/c1-13(2)10-14(3)12-24-17-9-8-15(11-16(17)18(22)23)21-25-19(4,5)20(6,7)26-21/h8-9,11,13-14,18H,10,12H2,1-7H3/t14-/m1/s1. The zero-order valence-corrected chi connectivity index (χ0v) is 16.9. The van der Waals surface area contributed by atoms with Crippen LogP contribution in [-0.2, 0) is 9.31 Å². The Balaban J connectivity index is 2.16. The molecule has 26 heavy (non-hydrogen) atoms. The number of benzene rings is 1. The number of ether oxygens (including phenoxy) is 1. The van der Waals surface area contributed by atoms with Crippen LogP contribution in [0.1, 0.15) is 66.9 Å². The smallest absolute Gasteiger partial charge is 0.493 e. The summed E-state index contributed by atoms with van der Waals surface area (Å²) < 4.78 is 44.8. The van der Waals surface area contributed by atoms with Crippen LogP contribution < -0.4 is 10.2 Å². The number of rotatable bonds is 7. The SMILES string of the molecule is CC(C)C[C@@H](C)COc1ccc(B2OC(C)(C)C(C)(C)O2)cc1C(F)F. The van der Waals surface area contributed by atoms with Gasteiger partial charge in [0.2, 0.25) is 0 Å². The van der Waals surface area contributed by atoms with Crippen LogP contribution in [0, 0.1) is 11.8 Å². The highest BCUT2D eigenvalue weighted by Crippen LogP contribution is 2.37. The van der Waals surface area contributed by atoms with E-state index in [0.717, 1.165) is 6.42 Å². The second-order valence-corrected chi connectivity index (χ2v) is 8.73. The lowest BCUT2D eigenvalue weighted by Crippen LogP contribution is -2.41. The molecule has 0 saturated carbocycles. The molecule has 2 rings (SSSR count). The first kappa shape index (κ1) is 21.2. The van der Waals surface area contributed by atoms with Gasteiger partial charge in [-0.1, -0.05) is 26.8 Å². The Morgan fingerprint density at radius 2 is 1.62 bits per heavy atom. The van der Waals surface area contributed by atoms with E-state index >= 15 is 0 Å². The second kappa shape index (κ2) is 7.85. The van der Waals surface area contributed by atoms with Gasteiger partial charge in [-0.05, 0) is 63.5 Å². The van der Waals surface area contributed by atoms with Crippen molar-refractivity contribution in [3.63, 3.8) is 0 Å². The Morgan fingerprint density at radius 1 is 1.04 bits per heavy atom. The van der Waals surface area contributed by atoms with E-state index < -0.39 is 24.7 Å². The van der Waals surface area contributed by atoms with E-state index in [1.54, 1.807) is 12.1 Å². The van der Waals surface area contributed by atoms with Crippen LogP contribution in [-0.4, -0.2) is 24.9 Å². The van der Waals surface area contributed by atoms with Gasteiger partial charge in [-0.15, -0.1) is 0 Å². The Bertz CT molecular complexity index is 601. The first-order chi connectivity index (χ1) is 11.9. The maximum atomic E-state index is 13.6. The molecule has 1 aliphatic heterocycles. The van der Waals surface area contributed by atoms with Gasteiger partial charge in [-0.3, -0.25) is 0 Å². The third-order valence-corrected chi connectivity index (χ3v) is 5.19. The Hall–Kier alpha value is -1.14. The molecule has 1 heterocycles. The van der Waals surface area contributed by atoms with Gasteiger partial charge in [0.05, 0.1) is 23.4 Å². The molecule has 1 aromatic carbocycles. The molecule has 0 N–H and O–H groups in total. The van der Waals surface area contributed by atoms with Gasteiger partial charge < -0.3 is 14.0 Å². The van der Waals surface area contributed by atoms with E-state index in [4.69, 9.17) is 14.0 Å². The molecule has 1 aliphatic rings. The molecule has 0 unspecified atom stereocenters. The number of halogens is 2. The minimum atomic E-state index is -2.62. The molecule has 1 atom stereocenters. The fraction of sp³-hybridized carbons (Fsp3) is 0.700. The minimum Gasteiger partial charge on any atom is -0.493 e. The van der Waals surface area contributed by atoms with Crippen LogP contribution >= 0.6 is 0 Å². The maximum absolute atomic E-state index is 13.6. The Morgan fingerprint density at radius 3 is 2.12 bits per heavy atom. The second-order valence-electron chi connectivity index (χ2n) is 8.73. The highest BCUT2D eigenvalue weighted by Gasteiger charge is 2.51. The van der Waals surface area contributed by atoms with E-state index in [9.17, 15) is 8.78 Å². The molecule has 146 valence electrons. The van der Waals surface area contributed by atoms with E-state index in [0.29, 0.717) is 23.9 Å². The summed E-state index contributed by atoms with van der Waals surface area (Å²) >= 11 is 0. The average Bonchev–Trinajstić information content (AvgIpc) is 2.72. The summed E-state index contributed by atoms with van der Waals surface area (Å²) in [6.07, 6.45) is -1.62. The number of alkyl halides is 2. The molecule has 0 aliphatic carbocycles. The third kappa shape index (κ3) is 4.77. The maximum Gasteiger partial charge on any atom is 0.494 e. The van der Waals surface area contributed by atoms with Crippen molar-refractivity contribution < 1.29 is 22.8 Å². The van der Waals surface area contributed by atoms with Crippen LogP contribution in [0.3, 0.4) is 0 Å². The van der Waals surface area contributed by atoms with Crippen molar-refractivity contribution in [3.05, 3.63) is 23.8 Å². The molecule has 0 bridgehead atoms. The monoisotopic (exact) mass is 368 g/mol. The molecule has 3 nitrogen and oxygen atoms in total. The zero-order chi connectivity index (χ0) is 19.7. The average molecular weight is 368 g/mol. The molecular weight excluding hydrogens is 337 g/mol. The van der Waals surface area contributed by atoms with E-state index in [2.05, 4.69) is 20.8 Å². The fourth-order valence-corrected chi connectivity index (χ4v) is 3.10. The summed E-state index contributed by atoms with van der Waals surface area (Å²) in [6.45, 7) is 14.5. The van der Waals surface area contributed by atoms with Crippen LogP contribution in [0.25, 0.3) is 0 Å². The summed E-state index contributed by atoms with van der Waals surface area (Å²) in [4.78, 5) is 0. The normalized spacial score (nSPS) is 20.0. The van der Waals surface area contributed by atoms with E-state index in [-0.39, 0.29) is 11.3 Å². The lowest BCUT2D eigenvalue weighted by molar-refractivity contribution is 0.00578. The molecule has 0 amide bonds. The van der Waals surface area contributed by atoms with Gasteiger partial charge in [0.25, 0.3) is 6.43 Å². The summed E-state index contributed by atoms with van der Waals surface area (Å²) in [5.74, 6) is 1.09. The van der Waals surface area contributed by atoms with Crippen LogP contribution in [0.5, 0.6) is 5.75 Å². The summed E-state index contributed by atoms with van der Waals surface area (Å²) in [5, 5.41) is 0. The van der Waals surface area contributed by atoms with Crippen molar-refractivity contribution in [1.82, 2.24) is 0 Å². The van der Waals surface area contributed by atoms with E-state index in [1.165, 1.54) is 6.07 Å². The molecule has 6 heteroatoms. The molecule has 1 aromatic rings. The van der Waals surface area contributed by atoms with Gasteiger partial charge in [0.15, 0.2) is 0 Å². The van der Waals surface area contributed by atoms with Crippen molar-refractivity contribution in [3.8, 4) is 5.75 Å². The Kier molecular flexibility index (Phi) is 6.39. The molecule has 0 radical (unpaired) electrons. The molecule has 1 fully saturated rings. The minimum absolute atomic E-state index is 0.117. The first-order valence-electron chi connectivity index (χ1n) is 9.33. The summed E-state index contributed by atoms with van der Waals surface area (Å²) in [7, 11) is -0.661.